The monoisotopic (exact) mass is 542 g/mol. The van der Waals surface area contributed by atoms with Gasteiger partial charge in [-0.15, -0.1) is 0 Å². The van der Waals surface area contributed by atoms with E-state index in [-0.39, 0.29) is 28.6 Å². The Bertz CT molecular complexity index is 1660. The number of nitrogens with zero attached hydrogens (tertiary/aromatic N) is 3. The Morgan fingerprint density at radius 3 is 2.31 bits per heavy atom. The number of aromatic nitrogens is 3. The predicted molar refractivity (Wildman–Crippen MR) is 152 cm³/mol. The number of esters is 1. The second kappa shape index (κ2) is 11.5. The molecule has 0 radical (unpaired) electrons. The summed E-state index contributed by atoms with van der Waals surface area (Å²) in [5, 5.41) is 3.20. The van der Waals surface area contributed by atoms with Crippen LogP contribution in [-0.2, 0) is 4.74 Å². The highest BCUT2D eigenvalue weighted by atomic mass is 35.5. The number of benzene rings is 3. The lowest BCUT2D eigenvalue weighted by Crippen LogP contribution is -2.18. The van der Waals surface area contributed by atoms with E-state index in [9.17, 15) is 9.59 Å². The van der Waals surface area contributed by atoms with Crippen molar-refractivity contribution in [2.75, 3.05) is 19.0 Å². The van der Waals surface area contributed by atoms with Gasteiger partial charge < -0.3 is 14.8 Å². The number of unbranched alkanes of at least 4 members (excludes halogenated alkanes) is 2. The molecular weight excluding hydrogens is 516 g/mol. The molecule has 0 saturated heterocycles. The second-order valence-corrected chi connectivity index (χ2v) is 9.33. The first-order chi connectivity index (χ1) is 19.0. The first kappa shape index (κ1) is 26.2. The number of rotatable bonds is 9. The third-order valence-corrected chi connectivity index (χ3v) is 6.66. The topological polar surface area (TPSA) is 95.3 Å². The Labute approximate surface area is 230 Å². The van der Waals surface area contributed by atoms with Crippen molar-refractivity contribution in [2.45, 2.75) is 26.2 Å². The number of anilines is 1. The van der Waals surface area contributed by atoms with Crippen LogP contribution in [0, 0.1) is 0 Å². The van der Waals surface area contributed by atoms with Gasteiger partial charge in [-0.2, -0.15) is 0 Å². The molecule has 0 atom stereocenters. The average Bonchev–Trinajstić information content (AvgIpc) is 3.26. The standard InChI is InChI=1S/C30H27ClN4O4/c1-3-4-9-18-39-30(37)25-26-28(33-24-13-8-7-12-23(24)32-26)35(19-14-16-20(38-2)17-15-19)27(25)34-29(36)21-10-5-6-11-22(21)31/h5-8,10-17H,3-4,9,18H2,1-2H3,(H,34,36). The summed E-state index contributed by atoms with van der Waals surface area (Å²) in [4.78, 5) is 36.7. The number of hydrogen-bond donors (Lipinski definition) is 1. The molecule has 8 nitrogen and oxygen atoms in total. The Kier molecular flexibility index (Phi) is 7.74. The molecule has 0 spiro atoms. The number of carbonyl (C=O) groups is 2. The summed E-state index contributed by atoms with van der Waals surface area (Å²) >= 11 is 6.33. The SMILES string of the molecule is CCCCCOC(=O)c1c(NC(=O)c2ccccc2Cl)n(-c2ccc(OC)cc2)c2nc3ccccc3nc12. The number of methoxy groups -OCH3 is 1. The molecule has 0 aliphatic heterocycles. The van der Waals surface area contributed by atoms with Crippen LogP contribution < -0.4 is 10.1 Å². The summed E-state index contributed by atoms with van der Waals surface area (Å²) in [5.41, 5.74) is 3.00. The van der Waals surface area contributed by atoms with E-state index < -0.39 is 11.9 Å². The zero-order valence-electron chi connectivity index (χ0n) is 21.6. The van der Waals surface area contributed by atoms with Crippen LogP contribution in [0.3, 0.4) is 0 Å². The molecule has 0 fully saturated rings. The fourth-order valence-corrected chi connectivity index (χ4v) is 4.57. The van der Waals surface area contributed by atoms with Crippen LogP contribution in [0.1, 0.15) is 46.9 Å². The molecule has 0 aliphatic rings. The van der Waals surface area contributed by atoms with Crippen molar-refractivity contribution >= 4 is 51.5 Å². The first-order valence-electron chi connectivity index (χ1n) is 12.7. The predicted octanol–water partition coefficient (Wildman–Crippen LogP) is 6.84. The van der Waals surface area contributed by atoms with E-state index in [2.05, 4.69) is 12.2 Å². The molecule has 1 amide bonds. The third kappa shape index (κ3) is 5.28. The van der Waals surface area contributed by atoms with Gasteiger partial charge in [0.15, 0.2) is 5.65 Å². The van der Waals surface area contributed by atoms with E-state index >= 15 is 0 Å². The van der Waals surface area contributed by atoms with Crippen molar-refractivity contribution in [2.24, 2.45) is 0 Å². The van der Waals surface area contributed by atoms with Gasteiger partial charge in [0.2, 0.25) is 0 Å². The lowest BCUT2D eigenvalue weighted by atomic mass is 10.2. The van der Waals surface area contributed by atoms with E-state index in [1.165, 1.54) is 0 Å². The number of amides is 1. The smallest absolute Gasteiger partial charge is 0.344 e. The highest BCUT2D eigenvalue weighted by molar-refractivity contribution is 6.34. The fraction of sp³-hybridized carbons (Fsp3) is 0.200. The number of carbonyl (C=O) groups excluding carboxylic acids is 2. The first-order valence-corrected chi connectivity index (χ1v) is 13.1. The number of para-hydroxylation sites is 2. The molecule has 0 unspecified atom stereocenters. The number of halogens is 1. The number of hydrogen-bond acceptors (Lipinski definition) is 6. The lowest BCUT2D eigenvalue weighted by molar-refractivity contribution is 0.0501. The molecule has 3 aromatic carbocycles. The molecular formula is C30H27ClN4O4. The summed E-state index contributed by atoms with van der Waals surface area (Å²) in [5.74, 6) is -0.231. The Balaban J connectivity index is 1.75. The molecule has 2 heterocycles. The molecule has 5 rings (SSSR count). The van der Waals surface area contributed by atoms with Crippen LogP contribution in [0.4, 0.5) is 5.82 Å². The quantitative estimate of drug-likeness (QED) is 0.162. The van der Waals surface area contributed by atoms with E-state index in [1.54, 1.807) is 48.1 Å². The minimum absolute atomic E-state index is 0.121. The molecule has 39 heavy (non-hydrogen) atoms. The van der Waals surface area contributed by atoms with Crippen LogP contribution in [-0.4, -0.2) is 40.1 Å². The van der Waals surface area contributed by atoms with Gasteiger partial charge in [0, 0.05) is 5.69 Å². The second-order valence-electron chi connectivity index (χ2n) is 8.92. The third-order valence-electron chi connectivity index (χ3n) is 6.33. The minimum Gasteiger partial charge on any atom is -0.497 e. The average molecular weight is 543 g/mol. The van der Waals surface area contributed by atoms with Gasteiger partial charge in [-0.05, 0) is 55.0 Å². The molecule has 0 aliphatic carbocycles. The van der Waals surface area contributed by atoms with Gasteiger partial charge in [0.05, 0.1) is 35.3 Å². The largest absolute Gasteiger partial charge is 0.497 e. The van der Waals surface area contributed by atoms with Crippen LogP contribution in [0.2, 0.25) is 5.02 Å². The van der Waals surface area contributed by atoms with E-state index in [0.717, 1.165) is 19.3 Å². The van der Waals surface area contributed by atoms with Crippen molar-refractivity contribution in [1.29, 1.82) is 0 Å². The Hall–Kier alpha value is -4.43. The molecule has 5 aromatic rings. The van der Waals surface area contributed by atoms with Gasteiger partial charge in [-0.1, -0.05) is 55.6 Å². The Morgan fingerprint density at radius 2 is 1.62 bits per heavy atom. The molecule has 9 heteroatoms. The summed E-state index contributed by atoms with van der Waals surface area (Å²) < 4.78 is 12.7. The van der Waals surface area contributed by atoms with Crippen molar-refractivity contribution in [3.05, 3.63) is 88.9 Å². The minimum atomic E-state index is -0.595. The van der Waals surface area contributed by atoms with Crippen LogP contribution in [0.5, 0.6) is 5.75 Å². The van der Waals surface area contributed by atoms with Crippen molar-refractivity contribution in [1.82, 2.24) is 14.5 Å². The van der Waals surface area contributed by atoms with Gasteiger partial charge in [-0.3, -0.25) is 9.36 Å². The zero-order chi connectivity index (χ0) is 27.4. The normalized spacial score (nSPS) is 11.1. The molecule has 0 bridgehead atoms. The summed E-state index contributed by atoms with van der Waals surface area (Å²) in [6.45, 7) is 2.33. The van der Waals surface area contributed by atoms with Crippen molar-refractivity contribution in [3.8, 4) is 11.4 Å². The number of ether oxygens (including phenoxy) is 2. The highest BCUT2D eigenvalue weighted by Gasteiger charge is 2.29. The van der Waals surface area contributed by atoms with Crippen LogP contribution in [0.15, 0.2) is 72.8 Å². The summed E-state index contributed by atoms with van der Waals surface area (Å²) in [6, 6.07) is 21.3. The number of nitrogens with one attached hydrogen (secondary N) is 1. The van der Waals surface area contributed by atoms with Crippen molar-refractivity contribution in [3.63, 3.8) is 0 Å². The number of fused-ring (bicyclic) bond motifs is 2. The molecule has 0 saturated carbocycles. The maximum atomic E-state index is 13.6. The summed E-state index contributed by atoms with van der Waals surface area (Å²) in [6.07, 6.45) is 2.65. The van der Waals surface area contributed by atoms with Gasteiger partial charge >= 0.3 is 5.97 Å². The summed E-state index contributed by atoms with van der Waals surface area (Å²) in [7, 11) is 1.58. The fourth-order valence-electron chi connectivity index (χ4n) is 4.35. The Morgan fingerprint density at radius 1 is 0.923 bits per heavy atom. The van der Waals surface area contributed by atoms with Crippen LogP contribution in [0.25, 0.3) is 27.9 Å². The van der Waals surface area contributed by atoms with Gasteiger partial charge in [-0.25, -0.2) is 14.8 Å². The van der Waals surface area contributed by atoms with E-state index in [0.29, 0.717) is 33.6 Å². The van der Waals surface area contributed by atoms with Crippen LogP contribution >= 0.6 is 11.6 Å². The lowest BCUT2D eigenvalue weighted by Gasteiger charge is -2.14. The molecule has 1 N–H and O–H groups in total. The molecule has 2 aromatic heterocycles. The molecule has 198 valence electrons. The van der Waals surface area contributed by atoms with Gasteiger partial charge in [0.1, 0.15) is 22.6 Å². The maximum absolute atomic E-state index is 13.6. The van der Waals surface area contributed by atoms with E-state index in [4.69, 9.17) is 31.0 Å². The highest BCUT2D eigenvalue weighted by Crippen LogP contribution is 2.34. The van der Waals surface area contributed by atoms with Gasteiger partial charge in [0.25, 0.3) is 5.91 Å². The van der Waals surface area contributed by atoms with E-state index in [1.807, 2.05) is 36.4 Å². The maximum Gasteiger partial charge on any atom is 0.344 e. The zero-order valence-corrected chi connectivity index (χ0v) is 22.4. The van der Waals surface area contributed by atoms with Crippen molar-refractivity contribution < 1.29 is 19.1 Å².